The molecular weight excluding hydrogens is 509 g/mol. The van der Waals surface area contributed by atoms with Crippen LogP contribution in [-0.2, 0) is 26.1 Å². The Balaban J connectivity index is 1.42. The fourth-order valence-corrected chi connectivity index (χ4v) is 6.43. The highest BCUT2D eigenvalue weighted by atomic mass is 32.2. The molecule has 1 aromatic carbocycles. The van der Waals surface area contributed by atoms with E-state index in [1.165, 1.54) is 6.07 Å². The fraction of sp³-hybridized carbons (Fsp3) is 0.478. The van der Waals surface area contributed by atoms with Gasteiger partial charge in [0.25, 0.3) is 0 Å². The summed E-state index contributed by atoms with van der Waals surface area (Å²) in [5, 5.41) is 2.56. The molecule has 1 saturated carbocycles. The zero-order chi connectivity index (χ0) is 26.3. The van der Waals surface area contributed by atoms with Crippen molar-refractivity contribution in [2.45, 2.75) is 74.5 Å². The van der Waals surface area contributed by atoms with Crippen molar-refractivity contribution >= 4 is 15.9 Å². The minimum atomic E-state index is -4.73. The molecule has 1 aromatic heterocycles. The number of nitrogens with zero attached hydrogens (tertiary/aromatic N) is 2. The van der Waals surface area contributed by atoms with Crippen LogP contribution in [0.5, 0.6) is 0 Å². The highest BCUT2D eigenvalue weighted by Gasteiger charge is 2.44. The predicted molar refractivity (Wildman–Crippen MR) is 117 cm³/mol. The number of pyridine rings is 1. The van der Waals surface area contributed by atoms with E-state index in [4.69, 9.17) is 0 Å². The maximum absolute atomic E-state index is 14.3. The summed E-state index contributed by atoms with van der Waals surface area (Å²) < 4.78 is 95.9. The van der Waals surface area contributed by atoms with Crippen LogP contribution in [0.2, 0.25) is 0 Å². The maximum atomic E-state index is 14.3. The van der Waals surface area contributed by atoms with E-state index < -0.39 is 52.1 Å². The molecule has 2 aliphatic rings. The van der Waals surface area contributed by atoms with Gasteiger partial charge >= 0.3 is 6.36 Å². The summed E-state index contributed by atoms with van der Waals surface area (Å²) in [6.45, 7) is 1.41. The molecule has 1 aliphatic heterocycles. The minimum Gasteiger partial charge on any atom is -0.351 e. The normalized spacial score (nSPS) is 24.9. The van der Waals surface area contributed by atoms with E-state index >= 15 is 0 Å². The van der Waals surface area contributed by atoms with Crippen LogP contribution in [0.25, 0.3) is 0 Å². The Labute approximate surface area is 204 Å². The highest BCUT2D eigenvalue weighted by molar-refractivity contribution is 7.89. The lowest BCUT2D eigenvalue weighted by molar-refractivity contribution is -0.351. The largest absolute Gasteiger partial charge is 0.522 e. The van der Waals surface area contributed by atoms with E-state index in [0.717, 1.165) is 34.8 Å². The van der Waals surface area contributed by atoms with Gasteiger partial charge < -0.3 is 5.32 Å². The number of alkyl halides is 3. The molecule has 0 unspecified atom stereocenters. The van der Waals surface area contributed by atoms with Crippen LogP contribution < -0.4 is 5.32 Å². The molecule has 4 rings (SSSR count). The summed E-state index contributed by atoms with van der Waals surface area (Å²) in [4.78, 5) is 16.7. The first kappa shape index (κ1) is 26.4. The number of aromatic nitrogens is 1. The molecule has 2 aromatic rings. The molecule has 0 spiro atoms. The zero-order valence-corrected chi connectivity index (χ0v) is 20.0. The Kier molecular flexibility index (Phi) is 7.35. The molecule has 0 bridgehead atoms. The van der Waals surface area contributed by atoms with Gasteiger partial charge in [0.2, 0.25) is 15.9 Å². The number of halogens is 5. The molecule has 7 nitrogen and oxygen atoms in total. The Morgan fingerprint density at radius 2 is 1.83 bits per heavy atom. The fourth-order valence-electron chi connectivity index (χ4n) is 4.59. The van der Waals surface area contributed by atoms with Crippen molar-refractivity contribution in [3.63, 3.8) is 0 Å². The molecule has 1 aliphatic carbocycles. The monoisotopic (exact) mass is 533 g/mol. The number of nitrogens with one attached hydrogen (secondary N) is 1. The Morgan fingerprint density at radius 3 is 2.47 bits per heavy atom. The number of ether oxygens (including phenoxy) is 1. The van der Waals surface area contributed by atoms with Gasteiger partial charge in [0.05, 0.1) is 17.2 Å². The molecule has 36 heavy (non-hydrogen) atoms. The summed E-state index contributed by atoms with van der Waals surface area (Å²) in [5.74, 6) is -2.26. The lowest BCUT2D eigenvalue weighted by Crippen LogP contribution is -2.48. The third kappa shape index (κ3) is 5.68. The van der Waals surface area contributed by atoms with Crippen LogP contribution >= 0.6 is 0 Å². The third-order valence-corrected chi connectivity index (χ3v) is 8.55. The summed E-state index contributed by atoms with van der Waals surface area (Å²) in [7, 11) is -4.09. The van der Waals surface area contributed by atoms with Crippen LogP contribution in [0.3, 0.4) is 0 Å². The van der Waals surface area contributed by atoms with Crippen molar-refractivity contribution in [2.75, 3.05) is 0 Å². The Morgan fingerprint density at radius 1 is 1.17 bits per heavy atom. The van der Waals surface area contributed by atoms with Crippen LogP contribution in [0.1, 0.15) is 49.8 Å². The summed E-state index contributed by atoms with van der Waals surface area (Å²) in [5.41, 5.74) is 0.463. The molecule has 1 N–H and O–H groups in total. The van der Waals surface area contributed by atoms with Crippen LogP contribution in [0.15, 0.2) is 41.4 Å². The average molecular weight is 534 g/mol. The van der Waals surface area contributed by atoms with Gasteiger partial charge in [0, 0.05) is 29.8 Å². The summed E-state index contributed by atoms with van der Waals surface area (Å²) in [6, 6.07) is 4.16. The first-order valence-electron chi connectivity index (χ1n) is 11.3. The topological polar surface area (TPSA) is 88.6 Å². The molecule has 0 radical (unpaired) electrons. The second-order valence-corrected chi connectivity index (χ2v) is 10.8. The van der Waals surface area contributed by atoms with E-state index in [1.54, 1.807) is 6.92 Å². The van der Waals surface area contributed by atoms with Crippen molar-refractivity contribution < 1.29 is 39.9 Å². The number of hydrogen-bond acceptors (Lipinski definition) is 5. The molecule has 196 valence electrons. The van der Waals surface area contributed by atoms with Crippen molar-refractivity contribution in [1.29, 1.82) is 0 Å². The van der Waals surface area contributed by atoms with E-state index in [2.05, 4.69) is 15.0 Å². The SMILES string of the molecule is C[C@H]1CC[C@@H](C(=O)NCc2cc([C@H]3C[C@@H](OC(F)(F)F)C3)ncc2F)N1S(=O)(=O)c1ccc(F)cc1. The van der Waals surface area contributed by atoms with Crippen LogP contribution in [0.4, 0.5) is 22.0 Å². The van der Waals surface area contributed by atoms with Crippen molar-refractivity contribution in [1.82, 2.24) is 14.6 Å². The minimum absolute atomic E-state index is 0.0764. The first-order valence-corrected chi connectivity index (χ1v) is 12.7. The molecule has 2 fully saturated rings. The molecule has 1 saturated heterocycles. The highest BCUT2D eigenvalue weighted by Crippen LogP contribution is 2.41. The van der Waals surface area contributed by atoms with Crippen molar-refractivity contribution in [3.05, 3.63) is 59.4 Å². The van der Waals surface area contributed by atoms with Crippen LogP contribution in [-0.4, -0.2) is 48.2 Å². The number of amides is 1. The van der Waals surface area contributed by atoms with Gasteiger partial charge in [0.1, 0.15) is 17.7 Å². The number of rotatable bonds is 7. The van der Waals surface area contributed by atoms with Crippen molar-refractivity contribution in [2.24, 2.45) is 0 Å². The van der Waals surface area contributed by atoms with Gasteiger partial charge in [0.15, 0.2) is 0 Å². The van der Waals surface area contributed by atoms with E-state index in [9.17, 15) is 35.2 Å². The predicted octanol–water partition coefficient (Wildman–Crippen LogP) is 4.00. The maximum Gasteiger partial charge on any atom is 0.522 e. The summed E-state index contributed by atoms with van der Waals surface area (Å²) >= 11 is 0. The van der Waals surface area contributed by atoms with Crippen molar-refractivity contribution in [3.8, 4) is 0 Å². The smallest absolute Gasteiger partial charge is 0.351 e. The molecule has 2 heterocycles. The Bertz CT molecular complexity index is 1220. The number of hydrogen-bond donors (Lipinski definition) is 1. The van der Waals surface area contributed by atoms with E-state index in [-0.39, 0.29) is 42.2 Å². The number of benzene rings is 1. The van der Waals surface area contributed by atoms with Gasteiger partial charge in [-0.05, 0) is 62.9 Å². The molecule has 2 atom stereocenters. The number of sulfonamides is 1. The van der Waals surface area contributed by atoms with Gasteiger partial charge in [-0.25, -0.2) is 17.2 Å². The van der Waals surface area contributed by atoms with E-state index in [0.29, 0.717) is 12.1 Å². The third-order valence-electron chi connectivity index (χ3n) is 6.51. The molecule has 13 heteroatoms. The second-order valence-electron chi connectivity index (χ2n) is 9.00. The van der Waals surface area contributed by atoms with E-state index in [1.807, 2.05) is 0 Å². The van der Waals surface area contributed by atoms with Crippen LogP contribution in [0, 0.1) is 11.6 Å². The standard InChI is InChI=1S/C23H24F5N3O4S/c1-13-2-7-21(31(13)36(33,34)18-5-3-16(24)4-6-18)22(32)30-11-15-10-20(29-12-19(15)25)14-8-17(9-14)35-23(26,27)28/h3-6,10,12-14,17,21H,2,7-9,11H2,1H3,(H,30,32)/t13-,14-,17+,21-/m0/s1. The average Bonchev–Trinajstić information content (AvgIpc) is 3.17. The van der Waals surface area contributed by atoms with Gasteiger partial charge in [-0.3, -0.25) is 14.5 Å². The summed E-state index contributed by atoms with van der Waals surface area (Å²) in [6.07, 6.45) is -3.92. The molecule has 1 amide bonds. The number of carbonyl (C=O) groups is 1. The first-order chi connectivity index (χ1) is 16.8. The second kappa shape index (κ2) is 10.0. The van der Waals surface area contributed by atoms with Gasteiger partial charge in [-0.15, -0.1) is 13.2 Å². The van der Waals surface area contributed by atoms with Gasteiger partial charge in [-0.2, -0.15) is 4.31 Å². The lowest BCUT2D eigenvalue weighted by Gasteiger charge is -2.35. The number of carbonyl (C=O) groups excluding carboxylic acids is 1. The van der Waals surface area contributed by atoms with Gasteiger partial charge in [-0.1, -0.05) is 0 Å². The zero-order valence-electron chi connectivity index (χ0n) is 19.1. The quantitative estimate of drug-likeness (QED) is 0.544. The molecular formula is C23H24F5N3O4S. The Hall–Kier alpha value is -2.64. The lowest BCUT2D eigenvalue weighted by atomic mass is 9.79.